The van der Waals surface area contributed by atoms with Crippen molar-refractivity contribution in [3.8, 4) is 0 Å². The second kappa shape index (κ2) is 5.55. The molecule has 4 heterocycles. The second-order valence-corrected chi connectivity index (χ2v) is 9.95. The highest BCUT2D eigenvalue weighted by atomic mass is 32.1. The Kier molecular flexibility index (Phi) is 3.24. The van der Waals surface area contributed by atoms with E-state index in [1.165, 1.54) is 20.2 Å². The number of imidazole rings is 1. The zero-order chi connectivity index (χ0) is 19.9. The van der Waals surface area contributed by atoms with E-state index in [1.807, 2.05) is 11.3 Å². The number of aryl methyl sites for hydroxylation is 1. The molecule has 0 bridgehead atoms. The van der Waals surface area contributed by atoms with Crippen LogP contribution >= 0.6 is 11.3 Å². The molecule has 0 saturated carbocycles. The van der Waals surface area contributed by atoms with Gasteiger partial charge in [0, 0.05) is 42.4 Å². The fraction of sp³-hybridized carbons (Fsp3) is 0.200. The Labute approximate surface area is 172 Å². The SMILES string of the molecule is Cc1cc2nc(C(C)(C)C)ccc2c2nc3cc4sc5ccccc5c4cc3n12. The average molecular weight is 396 g/mol. The highest BCUT2D eigenvalue weighted by molar-refractivity contribution is 7.25. The average Bonchev–Trinajstić information content (AvgIpc) is 3.23. The van der Waals surface area contributed by atoms with E-state index in [1.54, 1.807) is 0 Å². The summed E-state index contributed by atoms with van der Waals surface area (Å²) in [4.78, 5) is 10.0. The first kappa shape index (κ1) is 16.9. The lowest BCUT2D eigenvalue weighted by molar-refractivity contribution is 0.571. The monoisotopic (exact) mass is 395 g/mol. The number of nitrogens with zero attached hydrogens (tertiary/aromatic N) is 3. The van der Waals surface area contributed by atoms with Gasteiger partial charge >= 0.3 is 0 Å². The van der Waals surface area contributed by atoms with Crippen LogP contribution in [0, 0.1) is 6.92 Å². The van der Waals surface area contributed by atoms with Crippen molar-refractivity contribution in [2.75, 3.05) is 0 Å². The lowest BCUT2D eigenvalue weighted by atomic mass is 9.91. The molecule has 6 aromatic rings. The van der Waals surface area contributed by atoms with Crippen molar-refractivity contribution in [3.63, 3.8) is 0 Å². The summed E-state index contributed by atoms with van der Waals surface area (Å²) in [6.45, 7) is 8.75. The summed E-state index contributed by atoms with van der Waals surface area (Å²) in [6.07, 6.45) is 0. The lowest BCUT2D eigenvalue weighted by Gasteiger charge is -2.18. The first-order valence-electron chi connectivity index (χ1n) is 9.94. The van der Waals surface area contributed by atoms with Gasteiger partial charge < -0.3 is 0 Å². The molecule has 0 aliphatic carbocycles. The van der Waals surface area contributed by atoms with Gasteiger partial charge in [0.2, 0.25) is 0 Å². The molecular weight excluding hydrogens is 374 g/mol. The first-order valence-corrected chi connectivity index (χ1v) is 10.8. The third-order valence-corrected chi connectivity index (χ3v) is 6.92. The van der Waals surface area contributed by atoms with Gasteiger partial charge in [0.25, 0.3) is 0 Å². The second-order valence-electron chi connectivity index (χ2n) is 8.87. The number of thiophene rings is 1. The molecule has 0 radical (unpaired) electrons. The highest BCUT2D eigenvalue weighted by Gasteiger charge is 2.18. The van der Waals surface area contributed by atoms with E-state index in [4.69, 9.17) is 9.97 Å². The van der Waals surface area contributed by atoms with Crippen LogP contribution in [0.3, 0.4) is 0 Å². The Hall–Kier alpha value is -2.98. The van der Waals surface area contributed by atoms with Crippen LogP contribution in [0.1, 0.15) is 32.2 Å². The Morgan fingerprint density at radius 3 is 2.45 bits per heavy atom. The fourth-order valence-corrected chi connectivity index (χ4v) is 5.41. The van der Waals surface area contributed by atoms with Crippen LogP contribution < -0.4 is 0 Å². The van der Waals surface area contributed by atoms with E-state index in [0.717, 1.165) is 39.0 Å². The van der Waals surface area contributed by atoms with E-state index in [9.17, 15) is 0 Å². The third kappa shape index (κ3) is 2.36. The van der Waals surface area contributed by atoms with Gasteiger partial charge in [-0.1, -0.05) is 39.0 Å². The number of pyridine rings is 2. The topological polar surface area (TPSA) is 30.2 Å². The Bertz CT molecular complexity index is 1600. The van der Waals surface area contributed by atoms with Gasteiger partial charge in [0.15, 0.2) is 0 Å². The van der Waals surface area contributed by atoms with Crippen LogP contribution in [0.5, 0.6) is 0 Å². The van der Waals surface area contributed by atoms with Crippen LogP contribution in [0.4, 0.5) is 0 Å². The highest BCUT2D eigenvalue weighted by Crippen LogP contribution is 2.37. The molecule has 0 aliphatic rings. The van der Waals surface area contributed by atoms with E-state index in [2.05, 4.69) is 86.7 Å². The molecule has 0 aliphatic heterocycles. The van der Waals surface area contributed by atoms with Gasteiger partial charge in [-0.2, -0.15) is 0 Å². The van der Waals surface area contributed by atoms with Crippen LogP contribution in [0.2, 0.25) is 0 Å². The Balaban J connectivity index is 1.74. The maximum atomic E-state index is 5.05. The number of rotatable bonds is 0. The van der Waals surface area contributed by atoms with Crippen LogP contribution in [0.15, 0.2) is 54.6 Å². The van der Waals surface area contributed by atoms with Crippen LogP contribution in [0.25, 0.3) is 47.8 Å². The molecule has 0 saturated heterocycles. The molecule has 0 amide bonds. The summed E-state index contributed by atoms with van der Waals surface area (Å²) in [5.74, 6) is 0. The molecule has 0 atom stereocenters. The Morgan fingerprint density at radius 1 is 0.793 bits per heavy atom. The van der Waals surface area contributed by atoms with E-state index in [-0.39, 0.29) is 5.41 Å². The minimum Gasteiger partial charge on any atom is -0.296 e. The summed E-state index contributed by atoms with van der Waals surface area (Å²) in [6, 6.07) is 19.7. The number of aromatic nitrogens is 3. The first-order chi connectivity index (χ1) is 13.9. The molecule has 4 heteroatoms. The largest absolute Gasteiger partial charge is 0.296 e. The number of hydrogen-bond donors (Lipinski definition) is 0. The van der Waals surface area contributed by atoms with Crippen molar-refractivity contribution in [2.45, 2.75) is 33.1 Å². The number of fused-ring (bicyclic) bond motifs is 8. The van der Waals surface area contributed by atoms with Crippen molar-refractivity contribution in [1.29, 1.82) is 0 Å². The predicted molar refractivity (Wildman–Crippen MR) is 124 cm³/mol. The van der Waals surface area contributed by atoms with Crippen LogP contribution in [-0.2, 0) is 5.41 Å². The summed E-state index contributed by atoms with van der Waals surface area (Å²) in [5.41, 5.74) is 6.51. The molecule has 4 aromatic heterocycles. The van der Waals surface area contributed by atoms with Gasteiger partial charge in [0.05, 0.1) is 16.6 Å². The Morgan fingerprint density at radius 2 is 1.62 bits per heavy atom. The van der Waals surface area contributed by atoms with E-state index in [0.29, 0.717) is 0 Å². The minimum absolute atomic E-state index is 0.0276. The molecule has 29 heavy (non-hydrogen) atoms. The molecule has 0 spiro atoms. The zero-order valence-electron chi connectivity index (χ0n) is 16.9. The maximum Gasteiger partial charge on any atom is 0.147 e. The van der Waals surface area contributed by atoms with Crippen LogP contribution in [-0.4, -0.2) is 14.4 Å². The summed E-state index contributed by atoms with van der Waals surface area (Å²) >= 11 is 1.84. The smallest absolute Gasteiger partial charge is 0.147 e. The zero-order valence-corrected chi connectivity index (χ0v) is 17.8. The lowest BCUT2D eigenvalue weighted by Crippen LogP contribution is -2.13. The standard InChI is InChI=1S/C25H21N3S/c1-14-11-18-16(9-10-23(26-18)25(2,3)4)24-27-19-13-22-17(12-20(19)28(14)24)15-7-5-6-8-21(15)29-22/h5-13H,1-4H3. The minimum atomic E-state index is 0.0276. The fourth-order valence-electron chi connectivity index (χ4n) is 4.29. The van der Waals surface area contributed by atoms with Crippen molar-refractivity contribution >= 4 is 59.1 Å². The van der Waals surface area contributed by atoms with Gasteiger partial charge in [-0.15, -0.1) is 11.3 Å². The molecule has 3 nitrogen and oxygen atoms in total. The van der Waals surface area contributed by atoms with Gasteiger partial charge in [-0.3, -0.25) is 9.38 Å². The van der Waals surface area contributed by atoms with Crippen molar-refractivity contribution in [2.24, 2.45) is 0 Å². The quantitative estimate of drug-likeness (QED) is 0.277. The van der Waals surface area contributed by atoms with Gasteiger partial charge in [0.1, 0.15) is 5.65 Å². The molecule has 142 valence electrons. The molecule has 0 fully saturated rings. The molecule has 0 N–H and O–H groups in total. The molecule has 6 rings (SSSR count). The molecule has 2 aromatic carbocycles. The van der Waals surface area contributed by atoms with Gasteiger partial charge in [-0.25, -0.2) is 4.98 Å². The van der Waals surface area contributed by atoms with Crippen molar-refractivity contribution in [3.05, 3.63) is 66.0 Å². The summed E-state index contributed by atoms with van der Waals surface area (Å²) in [7, 11) is 0. The number of benzene rings is 2. The molecular formula is C25H21N3S. The van der Waals surface area contributed by atoms with E-state index >= 15 is 0 Å². The van der Waals surface area contributed by atoms with Crippen molar-refractivity contribution in [1.82, 2.24) is 14.4 Å². The van der Waals surface area contributed by atoms with Crippen molar-refractivity contribution < 1.29 is 0 Å². The van der Waals surface area contributed by atoms with E-state index < -0.39 is 0 Å². The molecule has 0 unspecified atom stereocenters. The summed E-state index contributed by atoms with van der Waals surface area (Å²) in [5, 5.41) is 3.73. The maximum absolute atomic E-state index is 5.05. The normalized spacial score (nSPS) is 12.8. The third-order valence-electron chi connectivity index (χ3n) is 5.79. The predicted octanol–water partition coefficient (Wildman–Crippen LogP) is 7.01. The number of hydrogen-bond acceptors (Lipinski definition) is 3. The summed E-state index contributed by atoms with van der Waals surface area (Å²) < 4.78 is 4.89. The van der Waals surface area contributed by atoms with Gasteiger partial charge in [-0.05, 0) is 43.3 Å².